The molecule has 0 bridgehead atoms. The monoisotopic (exact) mass is 497 g/mol. The van der Waals surface area contributed by atoms with Gasteiger partial charge in [0.05, 0.1) is 48.8 Å². The molecule has 1 aliphatic heterocycles. The van der Waals surface area contributed by atoms with Crippen LogP contribution >= 0.6 is 11.6 Å². The van der Waals surface area contributed by atoms with Gasteiger partial charge in [0.2, 0.25) is 0 Å². The summed E-state index contributed by atoms with van der Waals surface area (Å²) in [5.74, 6) is 0.437. The molecule has 0 saturated carbocycles. The smallest absolute Gasteiger partial charge is 0.256 e. The van der Waals surface area contributed by atoms with Crippen molar-refractivity contribution in [3.05, 3.63) is 65.0 Å². The van der Waals surface area contributed by atoms with Crippen molar-refractivity contribution in [3.8, 4) is 28.6 Å². The Kier molecular flexibility index (Phi) is 6.08. The van der Waals surface area contributed by atoms with Crippen molar-refractivity contribution >= 4 is 17.5 Å². The minimum absolute atomic E-state index is 0.0574. The predicted molar refractivity (Wildman–Crippen MR) is 124 cm³/mol. The molecular weight excluding hydrogens is 477 g/mol. The fourth-order valence-corrected chi connectivity index (χ4v) is 4.50. The zero-order valence-electron chi connectivity index (χ0n) is 18.9. The van der Waals surface area contributed by atoms with Crippen LogP contribution in [0.1, 0.15) is 35.1 Å². The predicted octanol–water partition coefficient (Wildman–Crippen LogP) is 3.84. The topological polar surface area (TPSA) is 111 Å². The molecule has 1 fully saturated rings. The second-order valence-electron chi connectivity index (χ2n) is 7.84. The first-order chi connectivity index (χ1) is 17.0. The first-order valence-corrected chi connectivity index (χ1v) is 11.2. The maximum Gasteiger partial charge on any atom is 0.256 e. The molecule has 180 valence electrons. The number of likely N-dealkylation sites (tertiary alicyclic amines) is 1. The lowest BCUT2D eigenvalue weighted by Gasteiger charge is -2.24. The molecule has 0 aliphatic carbocycles. The maximum atomic E-state index is 14.2. The van der Waals surface area contributed by atoms with Gasteiger partial charge in [-0.25, -0.2) is 9.37 Å². The highest BCUT2D eigenvalue weighted by Crippen LogP contribution is 2.37. The van der Waals surface area contributed by atoms with Gasteiger partial charge in [-0.1, -0.05) is 17.7 Å². The number of ether oxygens (including phenoxy) is 2. The van der Waals surface area contributed by atoms with Gasteiger partial charge in [-0.15, -0.1) is 0 Å². The van der Waals surface area contributed by atoms with Gasteiger partial charge in [0, 0.05) is 6.54 Å². The van der Waals surface area contributed by atoms with E-state index in [1.165, 1.54) is 37.5 Å². The Hall–Kier alpha value is -3.99. The lowest BCUT2D eigenvalue weighted by atomic mass is 10.1. The van der Waals surface area contributed by atoms with Gasteiger partial charge < -0.3 is 14.4 Å². The van der Waals surface area contributed by atoms with E-state index in [4.69, 9.17) is 21.1 Å². The number of para-hydroxylation sites is 1. The number of hydrogen-bond acceptors (Lipinski definition) is 7. The number of aromatic amines is 1. The number of amides is 1. The number of H-pyrrole nitrogens is 1. The first kappa shape index (κ1) is 22.8. The molecule has 4 aromatic rings. The lowest BCUT2D eigenvalue weighted by molar-refractivity contribution is 0.0729. The minimum Gasteiger partial charge on any atom is -0.495 e. The molecule has 0 radical (unpaired) electrons. The summed E-state index contributed by atoms with van der Waals surface area (Å²) in [4.78, 5) is 21.4. The molecule has 1 aliphatic rings. The molecule has 12 heteroatoms. The third-order valence-corrected chi connectivity index (χ3v) is 6.17. The molecule has 5 rings (SSSR count). The number of methoxy groups -OCH3 is 2. The molecule has 3 heterocycles. The highest BCUT2D eigenvalue weighted by atomic mass is 35.5. The van der Waals surface area contributed by atoms with Gasteiger partial charge in [-0.3, -0.25) is 9.89 Å². The van der Waals surface area contributed by atoms with Gasteiger partial charge in [0.1, 0.15) is 17.3 Å². The van der Waals surface area contributed by atoms with Gasteiger partial charge in [-0.2, -0.15) is 20.1 Å². The summed E-state index contributed by atoms with van der Waals surface area (Å²) in [6.07, 6.45) is 4.49. The summed E-state index contributed by atoms with van der Waals surface area (Å²) in [5, 5.41) is 15.8. The van der Waals surface area contributed by atoms with Gasteiger partial charge in [-0.05, 0) is 37.1 Å². The fourth-order valence-electron chi connectivity index (χ4n) is 4.26. The summed E-state index contributed by atoms with van der Waals surface area (Å²) in [7, 11) is 2.87. The molecule has 2 aromatic heterocycles. The summed E-state index contributed by atoms with van der Waals surface area (Å²) < 4.78 is 24.7. The van der Waals surface area contributed by atoms with Crippen molar-refractivity contribution in [2.45, 2.75) is 18.9 Å². The minimum atomic E-state index is -0.509. The molecule has 1 N–H and O–H groups in total. The van der Waals surface area contributed by atoms with Crippen LogP contribution in [0.5, 0.6) is 11.5 Å². The number of hydrogen-bond donors (Lipinski definition) is 1. The Morgan fingerprint density at radius 1 is 1.20 bits per heavy atom. The Labute approximate surface area is 204 Å². The van der Waals surface area contributed by atoms with Crippen molar-refractivity contribution in [1.82, 2.24) is 35.1 Å². The number of nitrogens with zero attached hydrogens (tertiary/aromatic N) is 6. The Morgan fingerprint density at radius 3 is 2.74 bits per heavy atom. The number of rotatable bonds is 6. The van der Waals surface area contributed by atoms with Crippen LogP contribution < -0.4 is 9.47 Å². The summed E-state index contributed by atoms with van der Waals surface area (Å²) in [5.41, 5.74) is 1.18. The number of halogens is 2. The van der Waals surface area contributed by atoms with Crippen LogP contribution in [0.25, 0.3) is 17.1 Å². The molecular formula is C23H21ClFN7O3. The average Bonchev–Trinajstić information content (AvgIpc) is 3.64. The molecule has 1 saturated heterocycles. The maximum absolute atomic E-state index is 14.2. The number of carbonyl (C=O) groups excluding carboxylic acids is 1. The largest absolute Gasteiger partial charge is 0.495 e. The van der Waals surface area contributed by atoms with Crippen molar-refractivity contribution in [3.63, 3.8) is 0 Å². The van der Waals surface area contributed by atoms with E-state index < -0.39 is 5.82 Å². The quantitative estimate of drug-likeness (QED) is 0.431. The second kappa shape index (κ2) is 9.34. The molecule has 2 aromatic carbocycles. The molecule has 1 atom stereocenters. The molecule has 1 amide bonds. The Morgan fingerprint density at radius 2 is 2.00 bits per heavy atom. The van der Waals surface area contributed by atoms with Crippen molar-refractivity contribution in [1.29, 1.82) is 0 Å². The highest BCUT2D eigenvalue weighted by molar-refractivity contribution is 6.32. The lowest BCUT2D eigenvalue weighted by Crippen LogP contribution is -2.32. The van der Waals surface area contributed by atoms with E-state index in [2.05, 4.69) is 25.4 Å². The zero-order chi connectivity index (χ0) is 24.5. The van der Waals surface area contributed by atoms with Crippen molar-refractivity contribution in [2.24, 2.45) is 0 Å². The van der Waals surface area contributed by atoms with E-state index >= 15 is 0 Å². The number of carbonyl (C=O) groups is 1. The normalized spacial score (nSPS) is 15.4. The molecule has 35 heavy (non-hydrogen) atoms. The van der Waals surface area contributed by atoms with Crippen LogP contribution in [0.3, 0.4) is 0 Å². The van der Waals surface area contributed by atoms with E-state index in [-0.39, 0.29) is 23.5 Å². The van der Waals surface area contributed by atoms with E-state index in [0.29, 0.717) is 46.4 Å². The van der Waals surface area contributed by atoms with Crippen molar-refractivity contribution < 1.29 is 18.7 Å². The third-order valence-electron chi connectivity index (χ3n) is 5.88. The van der Waals surface area contributed by atoms with Gasteiger partial charge in [0.25, 0.3) is 5.91 Å². The molecule has 10 nitrogen and oxygen atoms in total. The van der Waals surface area contributed by atoms with Crippen LogP contribution in [0, 0.1) is 5.82 Å². The molecule has 0 spiro atoms. The SMILES string of the molecule is COc1cc(C(=O)N2CCC[C@H]2c2nc(-c3cccc(F)c3OC)n[nH]2)c(-n2nccn2)cc1Cl. The van der Waals surface area contributed by atoms with Crippen LogP contribution in [-0.4, -0.2) is 61.7 Å². The average molecular weight is 498 g/mol. The Bertz CT molecular complexity index is 1380. The van der Waals surface area contributed by atoms with Crippen molar-refractivity contribution in [2.75, 3.05) is 20.8 Å². The fraction of sp³-hybridized carbons (Fsp3) is 0.261. The van der Waals surface area contributed by atoms with E-state index in [0.717, 1.165) is 6.42 Å². The van der Waals surface area contributed by atoms with Crippen LogP contribution in [0.4, 0.5) is 4.39 Å². The van der Waals surface area contributed by atoms with Gasteiger partial charge >= 0.3 is 0 Å². The zero-order valence-corrected chi connectivity index (χ0v) is 19.7. The number of benzene rings is 2. The van der Waals surface area contributed by atoms with Crippen LogP contribution in [-0.2, 0) is 0 Å². The summed E-state index contributed by atoms with van der Waals surface area (Å²) in [6, 6.07) is 7.37. The number of aromatic nitrogens is 6. The highest BCUT2D eigenvalue weighted by Gasteiger charge is 2.35. The first-order valence-electron chi connectivity index (χ1n) is 10.8. The standard InChI is InChI=1S/C23H21ClFN7O3/c1-34-19-11-14(18(12-15(19)24)32-26-8-9-27-32)23(33)31-10-4-7-17(31)22-28-21(29-30-22)13-5-3-6-16(25)20(13)35-2/h3,5-6,8-9,11-12,17H,4,7,10H2,1-2H3,(H,28,29,30)/t17-/m0/s1. The van der Waals surface area contributed by atoms with E-state index in [1.54, 1.807) is 29.2 Å². The Balaban J connectivity index is 1.50. The van der Waals surface area contributed by atoms with Crippen LogP contribution in [0.2, 0.25) is 5.02 Å². The molecule has 0 unspecified atom stereocenters. The van der Waals surface area contributed by atoms with E-state index in [9.17, 15) is 9.18 Å². The number of nitrogens with one attached hydrogen (secondary N) is 1. The van der Waals surface area contributed by atoms with E-state index in [1.807, 2.05) is 0 Å². The van der Waals surface area contributed by atoms with Crippen LogP contribution in [0.15, 0.2) is 42.7 Å². The summed E-state index contributed by atoms with van der Waals surface area (Å²) in [6.45, 7) is 0.514. The van der Waals surface area contributed by atoms with Gasteiger partial charge in [0.15, 0.2) is 17.4 Å². The third kappa shape index (κ3) is 4.08. The second-order valence-corrected chi connectivity index (χ2v) is 8.25. The summed E-state index contributed by atoms with van der Waals surface area (Å²) >= 11 is 6.33.